The Labute approximate surface area is 164 Å². The summed E-state index contributed by atoms with van der Waals surface area (Å²) in [7, 11) is -0.911. The lowest BCUT2D eigenvalue weighted by atomic mass is 9.95. The van der Waals surface area contributed by atoms with Crippen LogP contribution in [0.25, 0.3) is 11.5 Å². The van der Waals surface area contributed by atoms with Gasteiger partial charge >= 0.3 is 0 Å². The number of hydrogen-bond acceptors (Lipinski definition) is 4. The first-order valence-electron chi connectivity index (χ1n) is 10.2. The fourth-order valence-electron chi connectivity index (χ4n) is 4.34. The molecule has 2 aliphatic rings. The van der Waals surface area contributed by atoms with Crippen LogP contribution in [-0.2, 0) is 30.4 Å². The van der Waals surface area contributed by atoms with Gasteiger partial charge in [-0.1, -0.05) is 49.7 Å². The highest BCUT2D eigenvalue weighted by Gasteiger charge is 2.20. The quantitative estimate of drug-likeness (QED) is 0.718. The lowest BCUT2D eigenvalue weighted by molar-refractivity contribution is 0.401. The van der Waals surface area contributed by atoms with Crippen LogP contribution in [0.1, 0.15) is 61.9 Å². The molecule has 6 heteroatoms. The average Bonchev–Trinajstić information content (AvgIpc) is 3.00. The van der Waals surface area contributed by atoms with Gasteiger partial charge in [-0.3, -0.25) is 0 Å². The molecule has 0 bridgehead atoms. The molecule has 0 amide bonds. The predicted octanol–water partition coefficient (Wildman–Crippen LogP) is 4.29. The Bertz CT molecular complexity index is 796. The molecule has 4 rings (SSSR count). The monoisotopic (exact) mass is 387 g/mol. The van der Waals surface area contributed by atoms with E-state index in [1.807, 2.05) is 10.4 Å². The molecular formula is C21H29N3O2S. The van der Waals surface area contributed by atoms with Crippen LogP contribution in [0.15, 0.2) is 22.7 Å². The molecule has 1 aromatic carbocycles. The standard InChI is InChI=1S/C21H29N3O2S/c1-27(25)24-13-12-17-14-18(9-10-19(17)15-24)21-22-20(23-26-21)11-8-16-6-4-2-3-5-7-16/h9-10,14,16H,2-8,11-13,15H2,1H3. The second kappa shape index (κ2) is 8.65. The molecule has 1 saturated carbocycles. The molecular weight excluding hydrogens is 358 g/mol. The van der Waals surface area contributed by atoms with Gasteiger partial charge in [0, 0.05) is 31.3 Å². The van der Waals surface area contributed by atoms with E-state index < -0.39 is 11.0 Å². The Hall–Kier alpha value is -1.53. The van der Waals surface area contributed by atoms with E-state index in [1.54, 1.807) is 6.26 Å². The predicted molar refractivity (Wildman–Crippen MR) is 107 cm³/mol. The van der Waals surface area contributed by atoms with Crippen molar-refractivity contribution in [3.63, 3.8) is 0 Å². The van der Waals surface area contributed by atoms with Gasteiger partial charge in [0.05, 0.1) is 11.0 Å². The van der Waals surface area contributed by atoms with Crippen molar-refractivity contribution in [2.75, 3.05) is 12.8 Å². The third-order valence-electron chi connectivity index (χ3n) is 6.01. The highest BCUT2D eigenvalue weighted by Crippen LogP contribution is 2.28. The van der Waals surface area contributed by atoms with Gasteiger partial charge in [0.25, 0.3) is 5.89 Å². The molecule has 5 nitrogen and oxygen atoms in total. The molecule has 0 N–H and O–H groups in total. The molecule has 146 valence electrons. The Balaban J connectivity index is 1.40. The molecule has 1 aromatic heterocycles. The summed E-state index contributed by atoms with van der Waals surface area (Å²) < 4.78 is 19.2. The molecule has 0 saturated heterocycles. The third kappa shape index (κ3) is 4.66. The van der Waals surface area contributed by atoms with Gasteiger partial charge in [0.2, 0.25) is 0 Å². The minimum atomic E-state index is -0.911. The summed E-state index contributed by atoms with van der Waals surface area (Å²) >= 11 is 0. The van der Waals surface area contributed by atoms with Crippen molar-refractivity contribution in [3.8, 4) is 11.5 Å². The van der Waals surface area contributed by atoms with Crippen LogP contribution in [0, 0.1) is 5.92 Å². The van der Waals surface area contributed by atoms with Crippen molar-refractivity contribution in [1.82, 2.24) is 14.4 Å². The van der Waals surface area contributed by atoms with Gasteiger partial charge in [0.1, 0.15) is 0 Å². The van der Waals surface area contributed by atoms with Crippen molar-refractivity contribution in [2.24, 2.45) is 5.92 Å². The maximum absolute atomic E-state index is 11.7. The van der Waals surface area contributed by atoms with E-state index in [0.29, 0.717) is 5.89 Å². The average molecular weight is 388 g/mol. The lowest BCUT2D eigenvalue weighted by Gasteiger charge is -2.26. The first-order chi connectivity index (χ1) is 13.2. The Kier molecular flexibility index (Phi) is 6.03. The Morgan fingerprint density at radius 3 is 2.78 bits per heavy atom. The van der Waals surface area contributed by atoms with Crippen LogP contribution in [0.2, 0.25) is 0 Å². The van der Waals surface area contributed by atoms with Gasteiger partial charge in [-0.25, -0.2) is 8.51 Å². The van der Waals surface area contributed by atoms with Crippen LogP contribution < -0.4 is 0 Å². The van der Waals surface area contributed by atoms with Crippen LogP contribution in [0.4, 0.5) is 0 Å². The highest BCUT2D eigenvalue weighted by molar-refractivity contribution is 7.81. The summed E-state index contributed by atoms with van der Waals surface area (Å²) in [5.74, 6) is 2.28. The maximum Gasteiger partial charge on any atom is 0.257 e. The topological polar surface area (TPSA) is 59.2 Å². The first kappa shape index (κ1) is 18.8. The number of nitrogens with zero attached hydrogens (tertiary/aromatic N) is 3. The smallest absolute Gasteiger partial charge is 0.257 e. The van der Waals surface area contributed by atoms with E-state index in [1.165, 1.54) is 56.1 Å². The molecule has 1 aliphatic heterocycles. The molecule has 2 aromatic rings. The summed E-state index contributed by atoms with van der Waals surface area (Å²) in [5.41, 5.74) is 3.54. The Morgan fingerprint density at radius 2 is 2.00 bits per heavy atom. The van der Waals surface area contributed by atoms with Gasteiger partial charge < -0.3 is 4.52 Å². The highest BCUT2D eigenvalue weighted by atomic mass is 32.2. The van der Waals surface area contributed by atoms with Gasteiger partial charge in [-0.05, 0) is 42.0 Å². The number of fused-ring (bicyclic) bond motifs is 1. The molecule has 1 fully saturated rings. The molecule has 1 atom stereocenters. The van der Waals surface area contributed by atoms with E-state index >= 15 is 0 Å². The number of aryl methyl sites for hydroxylation is 1. The van der Waals surface area contributed by atoms with Crippen LogP contribution >= 0.6 is 0 Å². The largest absolute Gasteiger partial charge is 0.334 e. The third-order valence-corrected chi connectivity index (χ3v) is 7.05. The molecule has 1 aliphatic carbocycles. The van der Waals surface area contributed by atoms with Crippen molar-refractivity contribution < 1.29 is 8.73 Å². The van der Waals surface area contributed by atoms with Crippen molar-refractivity contribution in [2.45, 2.75) is 64.3 Å². The fraction of sp³-hybridized carbons (Fsp3) is 0.619. The molecule has 2 heterocycles. The molecule has 27 heavy (non-hydrogen) atoms. The zero-order chi connectivity index (χ0) is 18.6. The van der Waals surface area contributed by atoms with Gasteiger partial charge in [0.15, 0.2) is 5.82 Å². The summed E-state index contributed by atoms with van der Waals surface area (Å²) in [5, 5.41) is 4.21. The summed E-state index contributed by atoms with van der Waals surface area (Å²) in [6.07, 6.45) is 13.0. The van der Waals surface area contributed by atoms with Gasteiger partial charge in [-0.15, -0.1) is 0 Å². The van der Waals surface area contributed by atoms with Crippen LogP contribution in [0.5, 0.6) is 0 Å². The molecule has 0 spiro atoms. The van der Waals surface area contributed by atoms with E-state index in [2.05, 4.69) is 22.3 Å². The van der Waals surface area contributed by atoms with E-state index in [0.717, 1.165) is 43.2 Å². The zero-order valence-corrected chi connectivity index (χ0v) is 17.0. The number of rotatable bonds is 5. The van der Waals surface area contributed by atoms with E-state index in [9.17, 15) is 4.21 Å². The number of aromatic nitrogens is 2. The van der Waals surface area contributed by atoms with Crippen molar-refractivity contribution >= 4 is 11.0 Å². The van der Waals surface area contributed by atoms with Crippen molar-refractivity contribution in [3.05, 3.63) is 35.2 Å². The first-order valence-corrected chi connectivity index (χ1v) is 11.7. The number of benzene rings is 1. The fourth-order valence-corrected chi connectivity index (χ4v) is 5.01. The van der Waals surface area contributed by atoms with Crippen LogP contribution in [-0.4, -0.2) is 31.5 Å². The molecule has 0 radical (unpaired) electrons. The zero-order valence-electron chi connectivity index (χ0n) is 16.2. The minimum Gasteiger partial charge on any atom is -0.334 e. The maximum atomic E-state index is 11.7. The van der Waals surface area contributed by atoms with Gasteiger partial charge in [-0.2, -0.15) is 4.98 Å². The SMILES string of the molecule is CS(=O)N1CCc2cc(-c3nc(CCC4CCCCCC4)no3)ccc2C1. The minimum absolute atomic E-state index is 0.621. The normalized spacial score (nSPS) is 20.2. The second-order valence-corrected chi connectivity index (χ2v) is 9.30. The van der Waals surface area contributed by atoms with Crippen LogP contribution in [0.3, 0.4) is 0 Å². The van der Waals surface area contributed by atoms with E-state index in [4.69, 9.17) is 4.52 Å². The Morgan fingerprint density at radius 1 is 1.19 bits per heavy atom. The lowest BCUT2D eigenvalue weighted by Crippen LogP contribution is -2.31. The van der Waals surface area contributed by atoms with Crippen molar-refractivity contribution in [1.29, 1.82) is 0 Å². The number of hydrogen-bond donors (Lipinski definition) is 0. The summed E-state index contributed by atoms with van der Waals surface area (Å²) in [6.45, 7) is 1.57. The molecule has 1 unspecified atom stereocenters. The van der Waals surface area contributed by atoms with E-state index in [-0.39, 0.29) is 0 Å². The second-order valence-electron chi connectivity index (χ2n) is 7.93. The summed E-state index contributed by atoms with van der Waals surface area (Å²) in [6, 6.07) is 6.32. The summed E-state index contributed by atoms with van der Waals surface area (Å²) in [4.78, 5) is 4.64.